The molecule has 0 aromatic carbocycles. The van der Waals surface area contributed by atoms with Gasteiger partial charge in [-0.15, -0.1) is 0 Å². The number of nitrogens with two attached hydrogens (primary N) is 1. The highest BCUT2D eigenvalue weighted by atomic mass is 16.5. The first kappa shape index (κ1) is 9.95. The SMILES string of the molecule is C[C@H](N)c1ccnc(OCCO)c1. The van der Waals surface area contributed by atoms with E-state index in [1.807, 2.05) is 13.0 Å². The van der Waals surface area contributed by atoms with Crippen LogP contribution in [0, 0.1) is 0 Å². The Bertz CT molecular complexity index is 264. The Hall–Kier alpha value is -1.13. The van der Waals surface area contributed by atoms with E-state index in [4.69, 9.17) is 15.6 Å². The molecule has 0 radical (unpaired) electrons. The second kappa shape index (κ2) is 4.79. The summed E-state index contributed by atoms with van der Waals surface area (Å²) in [6.07, 6.45) is 1.64. The zero-order valence-corrected chi connectivity index (χ0v) is 7.60. The molecular weight excluding hydrogens is 168 g/mol. The molecule has 0 aliphatic heterocycles. The minimum absolute atomic E-state index is 0.00984. The summed E-state index contributed by atoms with van der Waals surface area (Å²) in [5.41, 5.74) is 6.65. The number of nitrogens with zero attached hydrogens (tertiary/aromatic N) is 1. The van der Waals surface area contributed by atoms with Crippen molar-refractivity contribution in [2.24, 2.45) is 5.73 Å². The quantitative estimate of drug-likeness (QED) is 0.710. The summed E-state index contributed by atoms with van der Waals surface area (Å²) in [6.45, 7) is 2.14. The van der Waals surface area contributed by atoms with Crippen molar-refractivity contribution in [3.8, 4) is 5.88 Å². The number of pyridine rings is 1. The zero-order chi connectivity index (χ0) is 9.68. The first-order valence-electron chi connectivity index (χ1n) is 4.19. The Morgan fingerprint density at radius 1 is 1.69 bits per heavy atom. The van der Waals surface area contributed by atoms with Gasteiger partial charge in [0.25, 0.3) is 0 Å². The lowest BCUT2D eigenvalue weighted by atomic mass is 10.1. The van der Waals surface area contributed by atoms with Crippen molar-refractivity contribution >= 4 is 0 Å². The van der Waals surface area contributed by atoms with E-state index < -0.39 is 0 Å². The van der Waals surface area contributed by atoms with Gasteiger partial charge in [0.2, 0.25) is 5.88 Å². The second-order valence-corrected chi connectivity index (χ2v) is 2.79. The summed E-state index contributed by atoms with van der Waals surface area (Å²) in [4.78, 5) is 3.97. The van der Waals surface area contributed by atoms with Crippen LogP contribution in [-0.4, -0.2) is 23.3 Å². The highest BCUT2D eigenvalue weighted by molar-refractivity contribution is 5.22. The normalized spacial score (nSPS) is 12.5. The van der Waals surface area contributed by atoms with Gasteiger partial charge in [-0.05, 0) is 18.6 Å². The van der Waals surface area contributed by atoms with E-state index in [2.05, 4.69) is 4.98 Å². The maximum Gasteiger partial charge on any atom is 0.213 e. The topological polar surface area (TPSA) is 68.4 Å². The van der Waals surface area contributed by atoms with Gasteiger partial charge >= 0.3 is 0 Å². The Morgan fingerprint density at radius 3 is 3.08 bits per heavy atom. The first-order chi connectivity index (χ1) is 6.24. The highest BCUT2D eigenvalue weighted by Gasteiger charge is 2.01. The minimum Gasteiger partial charge on any atom is -0.475 e. The van der Waals surface area contributed by atoms with Gasteiger partial charge in [0.05, 0.1) is 6.61 Å². The van der Waals surface area contributed by atoms with Gasteiger partial charge < -0.3 is 15.6 Å². The largest absolute Gasteiger partial charge is 0.475 e. The molecule has 0 saturated carbocycles. The average Bonchev–Trinajstić information content (AvgIpc) is 2.15. The Labute approximate surface area is 77.4 Å². The van der Waals surface area contributed by atoms with Crippen molar-refractivity contribution in [1.82, 2.24) is 4.98 Å². The predicted octanol–water partition coefficient (Wildman–Crippen LogP) is 0.472. The fourth-order valence-electron chi connectivity index (χ4n) is 0.937. The molecule has 1 aromatic heterocycles. The van der Waals surface area contributed by atoms with Gasteiger partial charge in [-0.25, -0.2) is 4.98 Å². The van der Waals surface area contributed by atoms with Crippen LogP contribution in [-0.2, 0) is 0 Å². The Balaban J connectivity index is 2.68. The number of aliphatic hydroxyl groups excluding tert-OH is 1. The third kappa shape index (κ3) is 3.01. The zero-order valence-electron chi connectivity index (χ0n) is 7.60. The lowest BCUT2D eigenvalue weighted by molar-refractivity contribution is 0.196. The van der Waals surface area contributed by atoms with Crippen LogP contribution in [0.5, 0.6) is 5.88 Å². The lowest BCUT2D eigenvalue weighted by Gasteiger charge is -2.07. The van der Waals surface area contributed by atoms with E-state index in [0.29, 0.717) is 5.88 Å². The van der Waals surface area contributed by atoms with Crippen LogP contribution in [0.1, 0.15) is 18.5 Å². The number of rotatable bonds is 4. The van der Waals surface area contributed by atoms with Crippen LogP contribution in [0.3, 0.4) is 0 Å². The van der Waals surface area contributed by atoms with E-state index in [9.17, 15) is 0 Å². The molecule has 0 unspecified atom stereocenters. The molecular formula is C9H14N2O2. The van der Waals surface area contributed by atoms with Crippen molar-refractivity contribution in [2.75, 3.05) is 13.2 Å². The van der Waals surface area contributed by atoms with Crippen LogP contribution in [0.15, 0.2) is 18.3 Å². The number of hydrogen-bond acceptors (Lipinski definition) is 4. The fraction of sp³-hybridized carbons (Fsp3) is 0.444. The molecule has 0 amide bonds. The van der Waals surface area contributed by atoms with Crippen LogP contribution in [0.2, 0.25) is 0 Å². The number of ether oxygens (including phenoxy) is 1. The lowest BCUT2D eigenvalue weighted by Crippen LogP contribution is -2.07. The molecule has 1 aromatic rings. The smallest absolute Gasteiger partial charge is 0.213 e. The van der Waals surface area contributed by atoms with Crippen molar-refractivity contribution in [3.63, 3.8) is 0 Å². The second-order valence-electron chi connectivity index (χ2n) is 2.79. The van der Waals surface area contributed by atoms with Crippen LogP contribution < -0.4 is 10.5 Å². The van der Waals surface area contributed by atoms with Gasteiger partial charge in [-0.2, -0.15) is 0 Å². The third-order valence-electron chi connectivity index (χ3n) is 1.63. The van der Waals surface area contributed by atoms with Crippen LogP contribution in [0.25, 0.3) is 0 Å². The molecule has 0 spiro atoms. The molecule has 1 rings (SSSR count). The monoisotopic (exact) mass is 182 g/mol. The molecule has 0 bridgehead atoms. The summed E-state index contributed by atoms with van der Waals surface area (Å²) < 4.78 is 5.13. The summed E-state index contributed by atoms with van der Waals surface area (Å²) in [5, 5.41) is 8.53. The molecule has 0 aliphatic rings. The maximum atomic E-state index is 8.53. The van der Waals surface area contributed by atoms with Crippen LogP contribution >= 0.6 is 0 Å². The first-order valence-corrected chi connectivity index (χ1v) is 4.19. The van der Waals surface area contributed by atoms with Gasteiger partial charge in [0, 0.05) is 18.3 Å². The highest BCUT2D eigenvalue weighted by Crippen LogP contribution is 2.14. The summed E-state index contributed by atoms with van der Waals surface area (Å²) in [5.74, 6) is 0.504. The minimum atomic E-state index is -0.0283. The van der Waals surface area contributed by atoms with Crippen molar-refractivity contribution in [2.45, 2.75) is 13.0 Å². The fourth-order valence-corrected chi connectivity index (χ4v) is 0.937. The Kier molecular flexibility index (Phi) is 3.67. The number of hydrogen-bond donors (Lipinski definition) is 2. The third-order valence-corrected chi connectivity index (χ3v) is 1.63. The molecule has 0 aliphatic carbocycles. The van der Waals surface area contributed by atoms with Crippen molar-refractivity contribution in [1.29, 1.82) is 0 Å². The van der Waals surface area contributed by atoms with Gasteiger partial charge in [-0.3, -0.25) is 0 Å². The molecule has 1 atom stereocenters. The standard InChI is InChI=1S/C9H14N2O2/c1-7(10)8-2-3-11-9(6-8)13-5-4-12/h2-3,6-7,12H,4-5,10H2,1H3/t7-/m0/s1. The molecule has 72 valence electrons. The van der Waals surface area contributed by atoms with E-state index >= 15 is 0 Å². The summed E-state index contributed by atoms with van der Waals surface area (Å²) >= 11 is 0. The molecule has 3 N–H and O–H groups in total. The molecule has 1 heterocycles. The molecule has 0 saturated heterocycles. The van der Waals surface area contributed by atoms with Crippen molar-refractivity contribution in [3.05, 3.63) is 23.9 Å². The van der Waals surface area contributed by atoms with Gasteiger partial charge in [-0.1, -0.05) is 0 Å². The molecule has 13 heavy (non-hydrogen) atoms. The Morgan fingerprint density at radius 2 is 2.46 bits per heavy atom. The van der Waals surface area contributed by atoms with E-state index in [1.165, 1.54) is 0 Å². The summed E-state index contributed by atoms with van der Waals surface area (Å²) in [6, 6.07) is 3.59. The average molecular weight is 182 g/mol. The maximum absolute atomic E-state index is 8.53. The van der Waals surface area contributed by atoms with E-state index in [-0.39, 0.29) is 19.3 Å². The van der Waals surface area contributed by atoms with Gasteiger partial charge in [0.1, 0.15) is 6.61 Å². The molecule has 4 nitrogen and oxygen atoms in total. The van der Waals surface area contributed by atoms with Crippen LogP contribution in [0.4, 0.5) is 0 Å². The predicted molar refractivity (Wildman–Crippen MR) is 49.4 cm³/mol. The molecule has 4 heteroatoms. The number of aromatic nitrogens is 1. The van der Waals surface area contributed by atoms with E-state index in [1.54, 1.807) is 12.3 Å². The van der Waals surface area contributed by atoms with Gasteiger partial charge in [0.15, 0.2) is 0 Å². The molecule has 0 fully saturated rings. The van der Waals surface area contributed by atoms with E-state index in [0.717, 1.165) is 5.56 Å². The van der Waals surface area contributed by atoms with Crippen molar-refractivity contribution < 1.29 is 9.84 Å². The summed E-state index contributed by atoms with van der Waals surface area (Å²) in [7, 11) is 0. The number of aliphatic hydroxyl groups is 1.